The molecule has 0 aliphatic heterocycles. The van der Waals surface area contributed by atoms with Crippen molar-refractivity contribution in [3.8, 4) is 11.4 Å². The molecule has 116 valence electrons. The average molecular weight is 309 g/mol. The van der Waals surface area contributed by atoms with Gasteiger partial charge >= 0.3 is 0 Å². The predicted octanol–water partition coefficient (Wildman–Crippen LogP) is 1.47. The van der Waals surface area contributed by atoms with E-state index in [0.717, 1.165) is 11.4 Å². The zero-order valence-corrected chi connectivity index (χ0v) is 12.3. The Morgan fingerprint density at radius 3 is 2.57 bits per heavy atom. The second-order valence-electron chi connectivity index (χ2n) is 4.72. The van der Waals surface area contributed by atoms with Crippen LogP contribution in [0.4, 0.5) is 0 Å². The van der Waals surface area contributed by atoms with Crippen molar-refractivity contribution >= 4 is 5.91 Å². The molecule has 1 N–H and O–H groups in total. The van der Waals surface area contributed by atoms with Crippen LogP contribution in [0.1, 0.15) is 10.4 Å². The first kappa shape index (κ1) is 14.7. The molecule has 0 saturated heterocycles. The van der Waals surface area contributed by atoms with Crippen molar-refractivity contribution in [3.63, 3.8) is 0 Å². The van der Waals surface area contributed by atoms with Crippen LogP contribution in [0.15, 0.2) is 60.9 Å². The highest BCUT2D eigenvalue weighted by Gasteiger charge is 2.05. The van der Waals surface area contributed by atoms with Crippen molar-refractivity contribution in [2.45, 2.75) is 0 Å². The lowest BCUT2D eigenvalue weighted by atomic mass is 10.2. The molecule has 1 aromatic heterocycles. The maximum atomic E-state index is 12.0. The standard InChI is InChI=1S/C16H15N5O2/c22-16(17-10-11-23-15-4-2-1-3-5-15)13-6-8-14(9-7-13)21-12-18-19-20-21/h1-9,12H,10-11H2,(H,17,22). The van der Waals surface area contributed by atoms with Gasteiger partial charge in [0.2, 0.25) is 0 Å². The van der Waals surface area contributed by atoms with Gasteiger partial charge in [0, 0.05) is 5.56 Å². The number of hydrogen-bond acceptors (Lipinski definition) is 5. The van der Waals surface area contributed by atoms with Crippen LogP contribution in [0.25, 0.3) is 5.69 Å². The molecular weight excluding hydrogens is 294 g/mol. The first-order valence-corrected chi connectivity index (χ1v) is 7.12. The number of para-hydroxylation sites is 1. The number of ether oxygens (including phenoxy) is 1. The maximum absolute atomic E-state index is 12.0. The van der Waals surface area contributed by atoms with Crippen LogP contribution >= 0.6 is 0 Å². The lowest BCUT2D eigenvalue weighted by Gasteiger charge is -2.08. The summed E-state index contributed by atoms with van der Waals surface area (Å²) in [5.74, 6) is 0.637. The fourth-order valence-corrected chi connectivity index (χ4v) is 2.00. The average Bonchev–Trinajstić information content (AvgIpc) is 3.14. The van der Waals surface area contributed by atoms with Crippen molar-refractivity contribution in [1.29, 1.82) is 0 Å². The van der Waals surface area contributed by atoms with Gasteiger partial charge in [-0.2, -0.15) is 0 Å². The molecule has 0 spiro atoms. The highest BCUT2D eigenvalue weighted by atomic mass is 16.5. The summed E-state index contributed by atoms with van der Waals surface area (Å²) in [5, 5.41) is 13.7. The van der Waals surface area contributed by atoms with E-state index in [9.17, 15) is 4.79 Å². The van der Waals surface area contributed by atoms with Gasteiger partial charge in [0.1, 0.15) is 18.7 Å². The molecular formula is C16H15N5O2. The minimum atomic E-state index is -0.148. The van der Waals surface area contributed by atoms with E-state index in [1.54, 1.807) is 24.3 Å². The number of rotatable bonds is 6. The van der Waals surface area contributed by atoms with E-state index in [4.69, 9.17) is 4.74 Å². The van der Waals surface area contributed by atoms with Gasteiger partial charge in [-0.05, 0) is 46.8 Å². The molecule has 0 aliphatic carbocycles. The van der Waals surface area contributed by atoms with E-state index >= 15 is 0 Å². The summed E-state index contributed by atoms with van der Waals surface area (Å²) in [6.07, 6.45) is 1.50. The zero-order chi connectivity index (χ0) is 15.9. The third-order valence-corrected chi connectivity index (χ3v) is 3.14. The van der Waals surface area contributed by atoms with E-state index < -0.39 is 0 Å². The lowest BCUT2D eigenvalue weighted by Crippen LogP contribution is -2.28. The Kier molecular flexibility index (Phi) is 4.58. The minimum absolute atomic E-state index is 0.148. The van der Waals surface area contributed by atoms with Gasteiger partial charge in [-0.3, -0.25) is 4.79 Å². The first-order valence-electron chi connectivity index (χ1n) is 7.12. The molecule has 23 heavy (non-hydrogen) atoms. The Balaban J connectivity index is 1.48. The second kappa shape index (κ2) is 7.17. The van der Waals surface area contributed by atoms with Gasteiger partial charge in [0.05, 0.1) is 12.2 Å². The molecule has 0 fully saturated rings. The number of amides is 1. The predicted molar refractivity (Wildman–Crippen MR) is 83.4 cm³/mol. The van der Waals surface area contributed by atoms with Gasteiger partial charge in [-0.1, -0.05) is 18.2 Å². The van der Waals surface area contributed by atoms with E-state index in [2.05, 4.69) is 20.8 Å². The Bertz CT molecular complexity index is 742. The summed E-state index contributed by atoms with van der Waals surface area (Å²) in [4.78, 5) is 12.0. The largest absolute Gasteiger partial charge is 0.492 e. The van der Waals surface area contributed by atoms with Crippen molar-refractivity contribution in [2.75, 3.05) is 13.2 Å². The quantitative estimate of drug-likeness (QED) is 0.697. The molecule has 3 aromatic rings. The third-order valence-electron chi connectivity index (χ3n) is 3.14. The number of carbonyl (C=O) groups excluding carboxylic acids is 1. The summed E-state index contributed by atoms with van der Waals surface area (Å²) in [7, 11) is 0. The summed E-state index contributed by atoms with van der Waals surface area (Å²) in [6.45, 7) is 0.848. The molecule has 0 bridgehead atoms. The molecule has 1 amide bonds. The maximum Gasteiger partial charge on any atom is 0.251 e. The molecule has 3 rings (SSSR count). The van der Waals surface area contributed by atoms with Gasteiger partial charge in [-0.15, -0.1) is 5.10 Å². The van der Waals surface area contributed by atoms with Crippen molar-refractivity contribution < 1.29 is 9.53 Å². The zero-order valence-electron chi connectivity index (χ0n) is 12.3. The number of nitrogens with zero attached hydrogens (tertiary/aromatic N) is 4. The number of aromatic nitrogens is 4. The number of carbonyl (C=O) groups is 1. The number of hydrogen-bond donors (Lipinski definition) is 1. The van der Waals surface area contributed by atoms with Crippen LogP contribution in [-0.2, 0) is 0 Å². The van der Waals surface area contributed by atoms with Crippen molar-refractivity contribution in [1.82, 2.24) is 25.5 Å². The molecule has 1 heterocycles. The Morgan fingerprint density at radius 2 is 1.87 bits per heavy atom. The van der Waals surface area contributed by atoms with Gasteiger partial charge in [0.25, 0.3) is 5.91 Å². The molecule has 0 unspecified atom stereocenters. The SMILES string of the molecule is O=C(NCCOc1ccccc1)c1ccc(-n2cnnn2)cc1. The Morgan fingerprint density at radius 1 is 1.09 bits per heavy atom. The smallest absolute Gasteiger partial charge is 0.251 e. The third kappa shape index (κ3) is 3.91. The topological polar surface area (TPSA) is 81.9 Å². The molecule has 7 heteroatoms. The van der Waals surface area contributed by atoms with Crippen molar-refractivity contribution in [3.05, 3.63) is 66.5 Å². The number of tetrazole rings is 1. The van der Waals surface area contributed by atoms with Crippen LogP contribution in [0, 0.1) is 0 Å². The van der Waals surface area contributed by atoms with Crippen molar-refractivity contribution in [2.24, 2.45) is 0 Å². The van der Waals surface area contributed by atoms with Gasteiger partial charge in [-0.25, -0.2) is 4.68 Å². The first-order chi connectivity index (χ1) is 11.3. The normalized spacial score (nSPS) is 10.3. The van der Waals surface area contributed by atoms with Gasteiger partial charge < -0.3 is 10.1 Å². The van der Waals surface area contributed by atoms with E-state index in [-0.39, 0.29) is 5.91 Å². The van der Waals surface area contributed by atoms with Gasteiger partial charge in [0.15, 0.2) is 0 Å². The van der Waals surface area contributed by atoms with Crippen LogP contribution in [0.2, 0.25) is 0 Å². The van der Waals surface area contributed by atoms with Crippen LogP contribution in [-0.4, -0.2) is 39.3 Å². The highest BCUT2D eigenvalue weighted by molar-refractivity contribution is 5.94. The molecule has 2 aromatic carbocycles. The summed E-state index contributed by atoms with van der Waals surface area (Å²) >= 11 is 0. The molecule has 0 radical (unpaired) electrons. The Hall–Kier alpha value is -3.22. The van der Waals surface area contributed by atoms with Crippen LogP contribution < -0.4 is 10.1 Å². The summed E-state index contributed by atoms with van der Waals surface area (Å²) in [5.41, 5.74) is 1.36. The molecule has 0 atom stereocenters. The molecule has 0 saturated carbocycles. The summed E-state index contributed by atoms with van der Waals surface area (Å²) in [6, 6.07) is 16.5. The van der Waals surface area contributed by atoms with E-state index in [0.29, 0.717) is 18.7 Å². The Labute approximate surface area is 132 Å². The summed E-state index contributed by atoms with van der Waals surface area (Å²) < 4.78 is 7.04. The molecule has 7 nitrogen and oxygen atoms in total. The number of nitrogens with one attached hydrogen (secondary N) is 1. The fraction of sp³-hybridized carbons (Fsp3) is 0.125. The van der Waals surface area contributed by atoms with E-state index in [1.165, 1.54) is 11.0 Å². The minimum Gasteiger partial charge on any atom is -0.492 e. The monoisotopic (exact) mass is 309 g/mol. The highest BCUT2D eigenvalue weighted by Crippen LogP contribution is 2.08. The van der Waals surface area contributed by atoms with Crippen LogP contribution in [0.5, 0.6) is 5.75 Å². The lowest BCUT2D eigenvalue weighted by molar-refractivity contribution is 0.0947. The number of benzene rings is 2. The van der Waals surface area contributed by atoms with E-state index in [1.807, 2.05) is 30.3 Å². The second-order valence-corrected chi connectivity index (χ2v) is 4.72. The fourth-order valence-electron chi connectivity index (χ4n) is 2.00. The van der Waals surface area contributed by atoms with Crippen LogP contribution in [0.3, 0.4) is 0 Å². The molecule has 0 aliphatic rings.